The predicted molar refractivity (Wildman–Crippen MR) is 52.0 cm³/mol. The fourth-order valence-electron chi connectivity index (χ4n) is 1.57. The molecule has 1 N–H and O–H groups in total. The van der Waals surface area contributed by atoms with Gasteiger partial charge in [-0.2, -0.15) is 4.52 Å². The van der Waals surface area contributed by atoms with E-state index in [0.717, 1.165) is 11.5 Å². The minimum absolute atomic E-state index is 0.608. The molecule has 0 aliphatic heterocycles. The van der Waals surface area contributed by atoms with Crippen molar-refractivity contribution in [1.29, 1.82) is 0 Å². The van der Waals surface area contributed by atoms with E-state index in [1.807, 2.05) is 12.1 Å². The summed E-state index contributed by atoms with van der Waals surface area (Å²) in [5.74, 6) is 0.905. The molecule has 3 rings (SSSR count). The van der Waals surface area contributed by atoms with Gasteiger partial charge in [-0.05, 0) is 31.4 Å². The van der Waals surface area contributed by atoms with Crippen LogP contribution in [0, 0.1) is 0 Å². The molecular formula is C9H11N5. The van der Waals surface area contributed by atoms with Gasteiger partial charge in [-0.3, -0.25) is 0 Å². The number of nitrogens with one attached hydrogen (secondary N) is 1. The van der Waals surface area contributed by atoms with Crippen LogP contribution in [0.25, 0.3) is 5.65 Å². The lowest BCUT2D eigenvalue weighted by atomic mass is 9.93. The van der Waals surface area contributed by atoms with Crippen molar-refractivity contribution in [3.63, 3.8) is 0 Å². The molecule has 0 aromatic carbocycles. The van der Waals surface area contributed by atoms with Crippen LogP contribution in [-0.4, -0.2) is 25.9 Å². The molecule has 0 amide bonds. The zero-order chi connectivity index (χ0) is 9.38. The topological polar surface area (TPSA) is 55.1 Å². The minimum Gasteiger partial charge on any atom is -0.366 e. The first kappa shape index (κ1) is 7.73. The van der Waals surface area contributed by atoms with Gasteiger partial charge in [0.2, 0.25) is 0 Å². The normalized spacial score (nSPS) is 16.9. The van der Waals surface area contributed by atoms with E-state index in [1.54, 1.807) is 10.8 Å². The lowest BCUT2D eigenvalue weighted by Gasteiger charge is -2.26. The van der Waals surface area contributed by atoms with E-state index in [4.69, 9.17) is 0 Å². The van der Waals surface area contributed by atoms with E-state index in [0.29, 0.717) is 6.04 Å². The van der Waals surface area contributed by atoms with Gasteiger partial charge < -0.3 is 5.32 Å². The molecule has 2 aromatic heterocycles. The van der Waals surface area contributed by atoms with Crippen LogP contribution < -0.4 is 5.32 Å². The second kappa shape index (κ2) is 2.94. The number of nitrogens with zero attached hydrogens (tertiary/aromatic N) is 4. The van der Waals surface area contributed by atoms with Crippen LogP contribution in [0.5, 0.6) is 0 Å². The maximum atomic E-state index is 4.34. The molecule has 0 radical (unpaired) electrons. The van der Waals surface area contributed by atoms with Crippen molar-refractivity contribution in [1.82, 2.24) is 19.8 Å². The van der Waals surface area contributed by atoms with Crippen molar-refractivity contribution < 1.29 is 0 Å². The van der Waals surface area contributed by atoms with Gasteiger partial charge >= 0.3 is 0 Å². The summed E-state index contributed by atoms with van der Waals surface area (Å²) < 4.78 is 1.68. The summed E-state index contributed by atoms with van der Waals surface area (Å²) in [4.78, 5) is 0. The molecule has 1 aliphatic rings. The van der Waals surface area contributed by atoms with E-state index < -0.39 is 0 Å². The summed E-state index contributed by atoms with van der Waals surface area (Å²) >= 11 is 0. The van der Waals surface area contributed by atoms with Crippen LogP contribution in [0.15, 0.2) is 18.5 Å². The molecule has 0 atom stereocenters. The Morgan fingerprint density at radius 1 is 1.36 bits per heavy atom. The third kappa shape index (κ3) is 1.21. The quantitative estimate of drug-likeness (QED) is 0.768. The molecule has 1 aliphatic carbocycles. The fourth-order valence-corrected chi connectivity index (χ4v) is 1.57. The highest BCUT2D eigenvalue weighted by Gasteiger charge is 2.17. The number of rotatable bonds is 2. The van der Waals surface area contributed by atoms with Gasteiger partial charge in [0.15, 0.2) is 5.65 Å². The second-order valence-electron chi connectivity index (χ2n) is 3.62. The molecule has 1 saturated carbocycles. The van der Waals surface area contributed by atoms with E-state index >= 15 is 0 Å². The average molecular weight is 189 g/mol. The number of hydrogen-bond donors (Lipinski definition) is 1. The first-order chi connectivity index (χ1) is 6.92. The zero-order valence-electron chi connectivity index (χ0n) is 7.72. The van der Waals surface area contributed by atoms with Gasteiger partial charge in [-0.15, -0.1) is 15.3 Å². The van der Waals surface area contributed by atoms with Gasteiger partial charge in [0.05, 0.1) is 0 Å². The molecule has 1 fully saturated rings. The summed E-state index contributed by atoms with van der Waals surface area (Å²) in [6.07, 6.45) is 5.44. The Balaban J connectivity index is 1.88. The van der Waals surface area contributed by atoms with Crippen molar-refractivity contribution >= 4 is 11.5 Å². The largest absolute Gasteiger partial charge is 0.366 e. The summed E-state index contributed by atoms with van der Waals surface area (Å²) in [6, 6.07) is 4.47. The lowest BCUT2D eigenvalue weighted by molar-refractivity contribution is 0.444. The van der Waals surface area contributed by atoms with Crippen LogP contribution in [-0.2, 0) is 0 Å². The molecule has 0 spiro atoms. The summed E-state index contributed by atoms with van der Waals surface area (Å²) in [6.45, 7) is 0. The molecule has 72 valence electrons. The standard InChI is InChI=1S/C9H11N5/c1-2-7(3-1)11-8-4-5-9-12-10-6-14(9)13-8/h4-7H,1-3H2,(H,11,13). The van der Waals surface area contributed by atoms with Crippen LogP contribution in [0.3, 0.4) is 0 Å². The maximum absolute atomic E-state index is 4.34. The Labute approximate surface area is 81.1 Å². The molecule has 5 heteroatoms. The van der Waals surface area contributed by atoms with E-state index in [-0.39, 0.29) is 0 Å². The maximum Gasteiger partial charge on any atom is 0.177 e. The summed E-state index contributed by atoms with van der Waals surface area (Å²) in [5.41, 5.74) is 0.782. The first-order valence-electron chi connectivity index (χ1n) is 4.85. The molecule has 0 bridgehead atoms. The second-order valence-corrected chi connectivity index (χ2v) is 3.62. The molecule has 0 saturated heterocycles. The Bertz CT molecular complexity index is 445. The van der Waals surface area contributed by atoms with E-state index in [2.05, 4.69) is 20.6 Å². The third-order valence-corrected chi connectivity index (χ3v) is 2.62. The third-order valence-electron chi connectivity index (χ3n) is 2.62. The van der Waals surface area contributed by atoms with E-state index in [1.165, 1.54) is 19.3 Å². The first-order valence-corrected chi connectivity index (χ1v) is 4.85. The molecule has 2 heterocycles. The number of aromatic nitrogens is 4. The average Bonchev–Trinajstić information content (AvgIpc) is 2.58. The SMILES string of the molecule is c1cc2nncn2nc1NC1CCC1. The van der Waals surface area contributed by atoms with Gasteiger partial charge in [0, 0.05) is 6.04 Å². The molecule has 2 aromatic rings. The molecule has 5 nitrogen and oxygen atoms in total. The van der Waals surface area contributed by atoms with Crippen molar-refractivity contribution in [2.24, 2.45) is 0 Å². The fraction of sp³-hybridized carbons (Fsp3) is 0.444. The Hall–Kier alpha value is -1.65. The monoisotopic (exact) mass is 189 g/mol. The van der Waals surface area contributed by atoms with Crippen molar-refractivity contribution in [3.05, 3.63) is 18.5 Å². The predicted octanol–water partition coefficient (Wildman–Crippen LogP) is 1.09. The minimum atomic E-state index is 0.608. The Morgan fingerprint density at radius 2 is 2.29 bits per heavy atom. The van der Waals surface area contributed by atoms with Crippen LogP contribution in [0.2, 0.25) is 0 Å². The highest BCUT2D eigenvalue weighted by molar-refractivity contribution is 5.43. The molecular weight excluding hydrogens is 178 g/mol. The van der Waals surface area contributed by atoms with Gasteiger partial charge in [-0.1, -0.05) is 0 Å². The van der Waals surface area contributed by atoms with Crippen LogP contribution in [0.4, 0.5) is 5.82 Å². The number of fused-ring (bicyclic) bond motifs is 1. The van der Waals surface area contributed by atoms with Crippen molar-refractivity contribution in [2.45, 2.75) is 25.3 Å². The van der Waals surface area contributed by atoms with Crippen molar-refractivity contribution in [2.75, 3.05) is 5.32 Å². The number of anilines is 1. The molecule has 0 unspecified atom stereocenters. The highest BCUT2D eigenvalue weighted by atomic mass is 15.4. The zero-order valence-corrected chi connectivity index (χ0v) is 7.72. The summed E-state index contributed by atoms with van der Waals surface area (Å²) in [5, 5.41) is 15.4. The van der Waals surface area contributed by atoms with E-state index in [9.17, 15) is 0 Å². The smallest absolute Gasteiger partial charge is 0.177 e. The highest BCUT2D eigenvalue weighted by Crippen LogP contribution is 2.21. The molecule has 14 heavy (non-hydrogen) atoms. The summed E-state index contributed by atoms with van der Waals surface area (Å²) in [7, 11) is 0. The van der Waals surface area contributed by atoms with Crippen LogP contribution in [0.1, 0.15) is 19.3 Å². The van der Waals surface area contributed by atoms with Crippen molar-refractivity contribution in [3.8, 4) is 0 Å². The Morgan fingerprint density at radius 3 is 3.07 bits per heavy atom. The van der Waals surface area contributed by atoms with Gasteiger partial charge in [0.1, 0.15) is 12.1 Å². The Kier molecular flexibility index (Phi) is 1.62. The van der Waals surface area contributed by atoms with Gasteiger partial charge in [-0.25, -0.2) is 0 Å². The number of hydrogen-bond acceptors (Lipinski definition) is 4. The van der Waals surface area contributed by atoms with Crippen LogP contribution >= 0.6 is 0 Å². The lowest BCUT2D eigenvalue weighted by Crippen LogP contribution is -2.27. The van der Waals surface area contributed by atoms with Gasteiger partial charge in [0.25, 0.3) is 0 Å².